The minimum absolute atomic E-state index is 0.0105. The van der Waals surface area contributed by atoms with Crippen molar-refractivity contribution in [3.63, 3.8) is 0 Å². The van der Waals surface area contributed by atoms with E-state index in [4.69, 9.17) is 19.6 Å². The topological polar surface area (TPSA) is 215 Å². The van der Waals surface area contributed by atoms with Crippen molar-refractivity contribution in [3.05, 3.63) is 154 Å². The molecule has 6 N–H and O–H groups in total. The number of aromatic nitrogens is 2. The minimum atomic E-state index is -4.17. The van der Waals surface area contributed by atoms with E-state index in [0.29, 0.717) is 57.9 Å². The highest BCUT2D eigenvalue weighted by Gasteiger charge is 2.40. The van der Waals surface area contributed by atoms with Crippen LogP contribution in [0.3, 0.4) is 0 Å². The SMILES string of the molecule is COc1cccc(Nc2c(C(N)=O)cnc3c(C)cc(S(=O)(=O)c4cccc(C(=O)N(C)c5ccc(CCCCOCCCCCCNCC(O[Si](C)(C)C(C)(C)C)c6ccc(O)c7[nH]c(=O)ccc67)cc5)c4)cc23)c1. The molecule has 0 aliphatic carbocycles. The van der Waals surface area contributed by atoms with Crippen LogP contribution in [0.5, 0.6) is 11.5 Å². The Bertz CT molecular complexity index is 3360. The molecule has 2 aromatic heterocycles. The summed E-state index contributed by atoms with van der Waals surface area (Å²) in [6.45, 7) is 15.8. The number of hydrogen-bond donors (Lipinski definition) is 5. The molecule has 0 saturated carbocycles. The number of carbonyl (C=O) groups excluding carboxylic acids is 2. The Hall–Kier alpha value is -6.89. The molecule has 7 rings (SSSR count). The molecule has 2 amide bonds. The number of pyridine rings is 2. The molecule has 0 bridgehead atoms. The first-order valence-electron chi connectivity index (χ1n) is 25.9. The number of ether oxygens (including phenoxy) is 2. The number of H-pyrrole nitrogens is 1. The summed E-state index contributed by atoms with van der Waals surface area (Å²) in [4.78, 5) is 47.2. The summed E-state index contributed by atoms with van der Waals surface area (Å²) < 4.78 is 46.9. The maximum atomic E-state index is 14.3. The van der Waals surface area contributed by atoms with Gasteiger partial charge in [0.05, 0.1) is 45.3 Å². The van der Waals surface area contributed by atoms with E-state index in [2.05, 4.69) is 54.5 Å². The van der Waals surface area contributed by atoms with E-state index in [1.54, 1.807) is 69.6 Å². The lowest BCUT2D eigenvalue weighted by Crippen LogP contribution is -2.43. The van der Waals surface area contributed by atoms with Gasteiger partial charge in [0.2, 0.25) is 15.4 Å². The van der Waals surface area contributed by atoms with Crippen molar-refractivity contribution >= 4 is 68.8 Å². The fourth-order valence-corrected chi connectivity index (χ4v) is 11.6. The van der Waals surface area contributed by atoms with E-state index in [9.17, 15) is 27.9 Å². The summed E-state index contributed by atoms with van der Waals surface area (Å²) in [6.07, 6.45) is 8.06. The predicted molar refractivity (Wildman–Crippen MR) is 305 cm³/mol. The second kappa shape index (κ2) is 24.8. The summed E-state index contributed by atoms with van der Waals surface area (Å²) in [5.41, 5.74) is 10.9. The lowest BCUT2D eigenvalue weighted by molar-refractivity contribution is 0.0987. The molecule has 5 aromatic carbocycles. The number of anilines is 3. The molecule has 7 aromatic rings. The number of nitrogens with zero attached hydrogens (tertiary/aromatic N) is 2. The molecular weight excluding hydrogens is 997 g/mol. The number of fused-ring (bicyclic) bond motifs is 2. The van der Waals surface area contributed by atoms with Crippen LogP contribution in [0.15, 0.2) is 130 Å². The molecule has 0 spiro atoms. The number of nitrogens with two attached hydrogens (primary N) is 1. The number of carbonyl (C=O) groups is 2. The van der Waals surface area contributed by atoms with Gasteiger partial charge >= 0.3 is 0 Å². The Morgan fingerprint density at radius 3 is 2.30 bits per heavy atom. The first kappa shape index (κ1) is 56.8. The van der Waals surface area contributed by atoms with Crippen LogP contribution in [0.2, 0.25) is 18.1 Å². The lowest BCUT2D eigenvalue weighted by Gasteiger charge is -2.39. The third-order valence-corrected chi connectivity index (χ3v) is 20.5. The zero-order valence-corrected chi connectivity index (χ0v) is 46.7. The summed E-state index contributed by atoms with van der Waals surface area (Å²) in [5, 5.41) is 18.5. The maximum Gasteiger partial charge on any atom is 0.258 e. The van der Waals surface area contributed by atoms with Gasteiger partial charge in [0.25, 0.3) is 11.8 Å². The van der Waals surface area contributed by atoms with Gasteiger partial charge in [-0.15, -0.1) is 0 Å². The highest BCUT2D eigenvalue weighted by Crippen LogP contribution is 2.41. The quantitative estimate of drug-likeness (QED) is 0.0267. The Morgan fingerprint density at radius 2 is 1.58 bits per heavy atom. The number of aryl methyl sites for hydroxylation is 2. The van der Waals surface area contributed by atoms with Crippen molar-refractivity contribution in [2.24, 2.45) is 5.73 Å². The summed E-state index contributed by atoms with van der Waals surface area (Å²) in [6, 6.07) is 30.7. The molecule has 76 heavy (non-hydrogen) atoms. The molecule has 0 aliphatic rings. The van der Waals surface area contributed by atoms with Gasteiger partial charge in [-0.05, 0) is 147 Å². The first-order chi connectivity index (χ1) is 36.2. The fraction of sp³-hybridized carbons (Fsp3) is 0.356. The Kier molecular flexibility index (Phi) is 18.6. The van der Waals surface area contributed by atoms with Crippen molar-refractivity contribution < 1.29 is 37.0 Å². The number of primary amides is 1. The van der Waals surface area contributed by atoms with Crippen LogP contribution in [-0.2, 0) is 25.4 Å². The third-order valence-electron chi connectivity index (χ3n) is 14.3. The van der Waals surface area contributed by atoms with Gasteiger partial charge in [0.1, 0.15) is 11.5 Å². The zero-order valence-electron chi connectivity index (χ0n) is 44.9. The Labute approximate surface area is 447 Å². The van der Waals surface area contributed by atoms with E-state index in [1.165, 1.54) is 41.4 Å². The average molecular weight is 1070 g/mol. The average Bonchev–Trinajstić information content (AvgIpc) is 3.39. The second-order valence-corrected chi connectivity index (χ2v) is 27.5. The fourth-order valence-electron chi connectivity index (χ4n) is 8.86. The van der Waals surface area contributed by atoms with Crippen molar-refractivity contribution in [2.45, 2.75) is 107 Å². The number of amides is 2. The molecular formula is C59H72N6O9SSi. The van der Waals surface area contributed by atoms with Crippen LogP contribution in [0.1, 0.15) is 103 Å². The number of phenolic OH excluding ortho intramolecular Hbond substituents is 1. The Balaban J connectivity index is 0.849. The molecule has 1 atom stereocenters. The molecule has 0 saturated heterocycles. The molecule has 0 radical (unpaired) electrons. The minimum Gasteiger partial charge on any atom is -0.506 e. The standard InChI is InChI=1S/C59H72N6O9SSi/c1-39-33-46(36-49-54(39)62-37-50(57(60)68)55(49)63-42-19-16-20-44(35-42)72-6)75(70,71)45-21-15-18-41(34-45)58(69)65(5)43-24-22-40(23-25-43)17-11-14-32-73-31-13-10-9-12-30-61-38-52(74-76(7,8)59(2,3)4)47-26-28-51(66)56-48(47)27-29-53(67)64-56/h15-16,18-29,33-37,52,61,66H,9-14,17,30-32,38H2,1-8H3,(H2,60,68)(H,62,63)(H,64,67). The van der Waals surface area contributed by atoms with Crippen LogP contribution in [0.25, 0.3) is 21.8 Å². The molecule has 402 valence electrons. The van der Waals surface area contributed by atoms with Gasteiger partial charge in [0, 0.05) is 72.8 Å². The molecule has 2 heterocycles. The third kappa shape index (κ3) is 13.7. The maximum absolute atomic E-state index is 14.3. The monoisotopic (exact) mass is 1070 g/mol. The van der Waals surface area contributed by atoms with E-state index in [1.807, 2.05) is 30.3 Å². The number of unbranched alkanes of at least 4 members (excludes halogenated alkanes) is 4. The molecule has 17 heteroatoms. The van der Waals surface area contributed by atoms with Gasteiger partial charge in [-0.2, -0.15) is 0 Å². The van der Waals surface area contributed by atoms with Gasteiger partial charge in [-0.25, -0.2) is 8.42 Å². The number of aromatic hydroxyl groups is 1. The number of rotatable bonds is 25. The summed E-state index contributed by atoms with van der Waals surface area (Å²) in [7, 11) is -3.12. The van der Waals surface area contributed by atoms with Crippen LogP contribution in [-0.4, -0.2) is 84.1 Å². The van der Waals surface area contributed by atoms with E-state index in [-0.39, 0.29) is 49.3 Å². The van der Waals surface area contributed by atoms with Crippen LogP contribution in [0.4, 0.5) is 17.1 Å². The van der Waals surface area contributed by atoms with E-state index in [0.717, 1.165) is 74.6 Å². The number of benzene rings is 5. The first-order valence-corrected chi connectivity index (χ1v) is 30.2. The van der Waals surface area contributed by atoms with Crippen molar-refractivity contribution in [2.75, 3.05) is 50.7 Å². The van der Waals surface area contributed by atoms with Crippen molar-refractivity contribution in [1.82, 2.24) is 15.3 Å². The summed E-state index contributed by atoms with van der Waals surface area (Å²) >= 11 is 0. The second-order valence-electron chi connectivity index (χ2n) is 20.8. The normalized spacial score (nSPS) is 12.5. The van der Waals surface area contributed by atoms with Gasteiger partial charge < -0.3 is 45.3 Å². The van der Waals surface area contributed by atoms with Crippen LogP contribution < -0.4 is 31.6 Å². The largest absolute Gasteiger partial charge is 0.506 e. The number of nitrogens with one attached hydrogen (secondary N) is 3. The van der Waals surface area contributed by atoms with E-state index < -0.39 is 24.1 Å². The predicted octanol–water partition coefficient (Wildman–Crippen LogP) is 11.3. The molecule has 15 nitrogen and oxygen atoms in total. The molecule has 0 aliphatic heterocycles. The smallest absolute Gasteiger partial charge is 0.258 e. The number of hydrogen-bond acceptors (Lipinski definition) is 12. The lowest BCUT2D eigenvalue weighted by atomic mass is 10.0. The number of phenols is 1. The van der Waals surface area contributed by atoms with Crippen molar-refractivity contribution in [3.8, 4) is 11.5 Å². The van der Waals surface area contributed by atoms with Gasteiger partial charge in [-0.3, -0.25) is 19.4 Å². The molecule has 0 fully saturated rings. The van der Waals surface area contributed by atoms with E-state index >= 15 is 0 Å². The highest BCUT2D eigenvalue weighted by atomic mass is 32.2. The van der Waals surface area contributed by atoms with Crippen LogP contribution in [0, 0.1) is 6.92 Å². The Morgan fingerprint density at radius 1 is 0.855 bits per heavy atom. The van der Waals surface area contributed by atoms with Crippen LogP contribution >= 0.6 is 0 Å². The zero-order chi connectivity index (χ0) is 54.8. The van der Waals surface area contributed by atoms with Gasteiger partial charge in [0.15, 0.2) is 8.32 Å². The summed E-state index contributed by atoms with van der Waals surface area (Å²) in [5.74, 6) is -0.489. The highest BCUT2D eigenvalue weighted by molar-refractivity contribution is 7.91. The van der Waals surface area contributed by atoms with Crippen molar-refractivity contribution in [1.29, 1.82) is 0 Å². The molecule has 1 unspecified atom stereocenters. The number of sulfone groups is 1. The number of aromatic amines is 1. The number of methoxy groups -OCH3 is 1. The van der Waals surface area contributed by atoms with Gasteiger partial charge in [-0.1, -0.05) is 63.9 Å².